The summed E-state index contributed by atoms with van der Waals surface area (Å²) in [6.07, 6.45) is 1.47. The van der Waals surface area contributed by atoms with Crippen LogP contribution in [-0.4, -0.2) is 17.1 Å². The van der Waals surface area contributed by atoms with Gasteiger partial charge in [-0.3, -0.25) is 0 Å². The highest BCUT2D eigenvalue weighted by molar-refractivity contribution is 6.30. The molecule has 3 aromatic rings. The van der Waals surface area contributed by atoms with Gasteiger partial charge in [-0.1, -0.05) is 11.6 Å². The number of ether oxygens (including phenoxy) is 2. The average Bonchev–Trinajstić information content (AvgIpc) is 2.82. The average molecular weight is 355 g/mol. The molecule has 6 nitrogen and oxygen atoms in total. The van der Waals surface area contributed by atoms with Crippen molar-refractivity contribution >= 4 is 28.8 Å². The van der Waals surface area contributed by atoms with E-state index in [0.717, 1.165) is 22.7 Å². The number of nitrogens with one attached hydrogen (secondary N) is 2. The third-order valence-electron chi connectivity index (χ3n) is 3.85. The summed E-state index contributed by atoms with van der Waals surface area (Å²) in [5, 5.41) is 7.28. The van der Waals surface area contributed by atoms with E-state index in [4.69, 9.17) is 21.1 Å². The number of hydrogen-bond acceptors (Lipinski definition) is 6. The lowest BCUT2D eigenvalue weighted by Crippen LogP contribution is -2.04. The summed E-state index contributed by atoms with van der Waals surface area (Å²) in [5.41, 5.74) is 2.55. The van der Waals surface area contributed by atoms with E-state index in [1.54, 1.807) is 7.11 Å². The molecule has 0 fully saturated rings. The Kier molecular flexibility index (Phi) is 4.03. The topological polar surface area (TPSA) is 68.3 Å². The standard InChI is InChI=1S/C18H15ClN4O2/c1-24-14-6-7-15-11(8-14)9-20-16-17(21-10-22-18(16)25-15)23-13-4-2-12(19)3-5-13/h2-8,10,20H,9H2,1H3,(H,21,22,23). The van der Waals surface area contributed by atoms with Crippen LogP contribution < -0.4 is 20.1 Å². The van der Waals surface area contributed by atoms with E-state index in [1.165, 1.54) is 6.33 Å². The van der Waals surface area contributed by atoms with E-state index in [-0.39, 0.29) is 0 Å². The van der Waals surface area contributed by atoms with E-state index in [1.807, 2.05) is 42.5 Å². The Labute approximate surface area is 149 Å². The molecular weight excluding hydrogens is 340 g/mol. The molecule has 0 bridgehead atoms. The lowest BCUT2D eigenvalue weighted by Gasteiger charge is -2.12. The van der Waals surface area contributed by atoms with Gasteiger partial charge in [0.1, 0.15) is 23.5 Å². The van der Waals surface area contributed by atoms with E-state index in [2.05, 4.69) is 20.6 Å². The second kappa shape index (κ2) is 6.49. The molecule has 1 aliphatic rings. The number of rotatable bonds is 3. The van der Waals surface area contributed by atoms with Crippen molar-refractivity contribution in [3.63, 3.8) is 0 Å². The summed E-state index contributed by atoms with van der Waals surface area (Å²) in [4.78, 5) is 8.57. The Morgan fingerprint density at radius 3 is 2.80 bits per heavy atom. The van der Waals surface area contributed by atoms with E-state index in [9.17, 15) is 0 Å². The molecule has 2 heterocycles. The first kappa shape index (κ1) is 15.5. The molecule has 2 aromatic carbocycles. The number of hydrogen-bond donors (Lipinski definition) is 2. The molecule has 4 rings (SSSR count). The first-order valence-corrected chi connectivity index (χ1v) is 8.07. The molecule has 2 N–H and O–H groups in total. The Morgan fingerprint density at radius 2 is 2.00 bits per heavy atom. The number of benzene rings is 2. The summed E-state index contributed by atoms with van der Waals surface area (Å²) in [5.74, 6) is 2.62. The molecule has 7 heteroatoms. The van der Waals surface area contributed by atoms with Crippen LogP contribution in [0.15, 0.2) is 48.8 Å². The van der Waals surface area contributed by atoms with Crippen LogP contribution in [0.4, 0.5) is 17.2 Å². The normalized spacial score (nSPS) is 12.1. The van der Waals surface area contributed by atoms with Crippen LogP contribution in [0.3, 0.4) is 0 Å². The molecule has 1 aromatic heterocycles. The van der Waals surface area contributed by atoms with Crippen LogP contribution in [0, 0.1) is 0 Å². The maximum atomic E-state index is 5.97. The van der Waals surface area contributed by atoms with Gasteiger partial charge in [0.15, 0.2) is 5.82 Å². The Balaban J connectivity index is 1.66. The van der Waals surface area contributed by atoms with E-state index in [0.29, 0.717) is 29.0 Å². The minimum Gasteiger partial charge on any atom is -0.497 e. The van der Waals surface area contributed by atoms with Crippen LogP contribution in [0.25, 0.3) is 0 Å². The highest BCUT2D eigenvalue weighted by Crippen LogP contribution is 2.39. The lowest BCUT2D eigenvalue weighted by molar-refractivity contribution is 0.411. The Morgan fingerprint density at radius 1 is 1.16 bits per heavy atom. The number of nitrogens with zero attached hydrogens (tertiary/aromatic N) is 2. The fourth-order valence-electron chi connectivity index (χ4n) is 2.58. The summed E-state index contributed by atoms with van der Waals surface area (Å²) in [7, 11) is 1.64. The zero-order chi connectivity index (χ0) is 17.2. The number of fused-ring (bicyclic) bond motifs is 2. The SMILES string of the molecule is COc1ccc2c(c1)CNc1c(Nc3ccc(Cl)cc3)ncnc1O2. The van der Waals surface area contributed by atoms with Gasteiger partial charge in [0.05, 0.1) is 7.11 Å². The largest absolute Gasteiger partial charge is 0.497 e. The van der Waals surface area contributed by atoms with E-state index >= 15 is 0 Å². The van der Waals surface area contributed by atoms with Gasteiger partial charge in [0, 0.05) is 22.8 Å². The quantitative estimate of drug-likeness (QED) is 0.716. The predicted octanol–water partition coefficient (Wildman–Crippen LogP) is 4.60. The number of halogens is 1. The van der Waals surface area contributed by atoms with Gasteiger partial charge in [0.2, 0.25) is 5.88 Å². The second-order valence-corrected chi connectivity index (χ2v) is 5.90. The molecule has 25 heavy (non-hydrogen) atoms. The fourth-order valence-corrected chi connectivity index (χ4v) is 2.71. The minimum atomic E-state index is 0.468. The molecule has 0 saturated carbocycles. The monoisotopic (exact) mass is 354 g/mol. The fraction of sp³-hybridized carbons (Fsp3) is 0.111. The zero-order valence-electron chi connectivity index (χ0n) is 13.4. The van der Waals surface area contributed by atoms with Crippen LogP contribution in [0.5, 0.6) is 17.4 Å². The molecule has 0 aliphatic carbocycles. The zero-order valence-corrected chi connectivity index (χ0v) is 14.2. The van der Waals surface area contributed by atoms with Crippen molar-refractivity contribution in [3.05, 3.63) is 59.4 Å². The molecule has 0 radical (unpaired) electrons. The van der Waals surface area contributed by atoms with Gasteiger partial charge in [-0.2, -0.15) is 4.98 Å². The van der Waals surface area contributed by atoms with Crippen molar-refractivity contribution < 1.29 is 9.47 Å². The van der Waals surface area contributed by atoms with Crippen LogP contribution in [0.2, 0.25) is 5.02 Å². The van der Waals surface area contributed by atoms with Gasteiger partial charge in [0.25, 0.3) is 0 Å². The van der Waals surface area contributed by atoms with Crippen LogP contribution >= 0.6 is 11.6 Å². The third-order valence-corrected chi connectivity index (χ3v) is 4.10. The predicted molar refractivity (Wildman–Crippen MR) is 97.2 cm³/mol. The van der Waals surface area contributed by atoms with Gasteiger partial charge in [-0.25, -0.2) is 4.98 Å². The number of anilines is 3. The van der Waals surface area contributed by atoms with Gasteiger partial charge >= 0.3 is 0 Å². The number of methoxy groups -OCH3 is 1. The van der Waals surface area contributed by atoms with Gasteiger partial charge in [-0.05, 0) is 42.5 Å². The Bertz CT molecular complexity index is 915. The first-order chi connectivity index (χ1) is 12.2. The van der Waals surface area contributed by atoms with Crippen molar-refractivity contribution in [1.82, 2.24) is 9.97 Å². The third kappa shape index (κ3) is 3.16. The molecule has 126 valence electrons. The highest BCUT2D eigenvalue weighted by Gasteiger charge is 2.20. The van der Waals surface area contributed by atoms with Gasteiger partial charge < -0.3 is 20.1 Å². The Hall–Kier alpha value is -2.99. The molecule has 0 spiro atoms. The lowest BCUT2D eigenvalue weighted by atomic mass is 10.2. The highest BCUT2D eigenvalue weighted by atomic mass is 35.5. The second-order valence-electron chi connectivity index (χ2n) is 5.46. The molecule has 0 amide bonds. The van der Waals surface area contributed by atoms with Crippen molar-refractivity contribution in [2.45, 2.75) is 6.54 Å². The molecule has 0 atom stereocenters. The van der Waals surface area contributed by atoms with Crippen LogP contribution in [0.1, 0.15) is 5.56 Å². The van der Waals surface area contributed by atoms with E-state index < -0.39 is 0 Å². The summed E-state index contributed by atoms with van der Waals surface area (Å²) in [6.45, 7) is 0.572. The first-order valence-electron chi connectivity index (χ1n) is 7.69. The summed E-state index contributed by atoms with van der Waals surface area (Å²) in [6, 6.07) is 13.1. The maximum Gasteiger partial charge on any atom is 0.248 e. The molecule has 0 saturated heterocycles. The number of aromatic nitrogens is 2. The van der Waals surface area contributed by atoms with Crippen molar-refractivity contribution in [1.29, 1.82) is 0 Å². The van der Waals surface area contributed by atoms with Crippen molar-refractivity contribution in [2.24, 2.45) is 0 Å². The molecule has 0 unspecified atom stereocenters. The van der Waals surface area contributed by atoms with Crippen molar-refractivity contribution in [3.8, 4) is 17.4 Å². The smallest absolute Gasteiger partial charge is 0.248 e. The summed E-state index contributed by atoms with van der Waals surface area (Å²) >= 11 is 5.93. The van der Waals surface area contributed by atoms with Crippen molar-refractivity contribution in [2.75, 3.05) is 17.7 Å². The van der Waals surface area contributed by atoms with Crippen LogP contribution in [-0.2, 0) is 6.54 Å². The summed E-state index contributed by atoms with van der Waals surface area (Å²) < 4.78 is 11.2. The van der Waals surface area contributed by atoms with Gasteiger partial charge in [-0.15, -0.1) is 0 Å². The molecular formula is C18H15ClN4O2. The molecule has 1 aliphatic heterocycles. The minimum absolute atomic E-state index is 0.468. The maximum absolute atomic E-state index is 5.97.